The molecule has 0 aliphatic heterocycles. The van der Waals surface area contributed by atoms with Gasteiger partial charge in [-0.3, -0.25) is 0 Å². The van der Waals surface area contributed by atoms with Crippen LogP contribution < -0.4 is 5.73 Å². The Labute approximate surface area is 96.4 Å². The third-order valence-corrected chi connectivity index (χ3v) is 3.03. The van der Waals surface area contributed by atoms with E-state index in [2.05, 4.69) is 39.8 Å². The molecule has 1 heterocycles. The maximum Gasteiger partial charge on any atom is 0.137 e. The average Bonchev–Trinajstić information content (AvgIpc) is 2.59. The minimum atomic E-state index is 0.155. The van der Waals surface area contributed by atoms with Gasteiger partial charge >= 0.3 is 0 Å². The number of rotatable bonds is 1. The van der Waals surface area contributed by atoms with Gasteiger partial charge in [-0.15, -0.1) is 0 Å². The van der Waals surface area contributed by atoms with Crippen LogP contribution in [0, 0.1) is 6.92 Å². The fourth-order valence-corrected chi connectivity index (χ4v) is 1.95. The molecule has 2 N–H and O–H groups in total. The van der Waals surface area contributed by atoms with Crippen molar-refractivity contribution in [1.82, 2.24) is 0 Å². The molecular formula is C14H19NO. The van der Waals surface area contributed by atoms with Gasteiger partial charge in [0.05, 0.1) is 6.26 Å². The molecule has 16 heavy (non-hydrogen) atoms. The van der Waals surface area contributed by atoms with Gasteiger partial charge in [-0.2, -0.15) is 0 Å². The molecule has 1 aromatic heterocycles. The molecule has 0 spiro atoms. The molecule has 2 rings (SSSR count). The molecule has 2 heteroatoms. The molecule has 0 aliphatic carbocycles. The minimum absolute atomic E-state index is 0.155. The van der Waals surface area contributed by atoms with E-state index in [-0.39, 0.29) is 5.41 Å². The Morgan fingerprint density at radius 1 is 1.25 bits per heavy atom. The Hall–Kier alpha value is -1.28. The molecule has 0 radical (unpaired) electrons. The van der Waals surface area contributed by atoms with Crippen molar-refractivity contribution in [2.75, 3.05) is 0 Å². The summed E-state index contributed by atoms with van der Waals surface area (Å²) in [6.45, 7) is 9.27. The average molecular weight is 217 g/mol. The fourth-order valence-electron chi connectivity index (χ4n) is 1.95. The Morgan fingerprint density at radius 3 is 2.50 bits per heavy atom. The van der Waals surface area contributed by atoms with Gasteiger partial charge in [0, 0.05) is 17.5 Å². The van der Waals surface area contributed by atoms with Gasteiger partial charge in [0.2, 0.25) is 0 Å². The van der Waals surface area contributed by atoms with Crippen LogP contribution in [0.25, 0.3) is 11.0 Å². The Kier molecular flexibility index (Phi) is 2.55. The highest BCUT2D eigenvalue weighted by Crippen LogP contribution is 2.31. The van der Waals surface area contributed by atoms with Crippen molar-refractivity contribution >= 4 is 11.0 Å². The summed E-state index contributed by atoms with van der Waals surface area (Å²) < 4.78 is 5.56. The summed E-state index contributed by atoms with van der Waals surface area (Å²) in [4.78, 5) is 0. The van der Waals surface area contributed by atoms with Crippen LogP contribution in [0.1, 0.15) is 37.5 Å². The van der Waals surface area contributed by atoms with E-state index in [9.17, 15) is 0 Å². The van der Waals surface area contributed by atoms with E-state index in [1.54, 1.807) is 6.26 Å². The van der Waals surface area contributed by atoms with Crippen molar-refractivity contribution in [3.63, 3.8) is 0 Å². The van der Waals surface area contributed by atoms with Crippen molar-refractivity contribution in [1.29, 1.82) is 0 Å². The summed E-state index contributed by atoms with van der Waals surface area (Å²) in [5, 5.41) is 1.16. The first-order chi connectivity index (χ1) is 7.43. The lowest BCUT2D eigenvalue weighted by Crippen LogP contribution is -2.11. The highest BCUT2D eigenvalue weighted by atomic mass is 16.3. The van der Waals surface area contributed by atoms with Crippen LogP contribution in [0.5, 0.6) is 0 Å². The largest absolute Gasteiger partial charge is 0.464 e. The van der Waals surface area contributed by atoms with Crippen molar-refractivity contribution in [3.05, 3.63) is 35.1 Å². The van der Waals surface area contributed by atoms with E-state index in [1.807, 2.05) is 0 Å². The molecule has 0 unspecified atom stereocenters. The van der Waals surface area contributed by atoms with Crippen LogP contribution >= 0.6 is 0 Å². The van der Waals surface area contributed by atoms with Crippen molar-refractivity contribution < 1.29 is 4.42 Å². The highest BCUT2D eigenvalue weighted by Gasteiger charge is 2.17. The lowest BCUT2D eigenvalue weighted by atomic mass is 9.85. The fraction of sp³-hybridized carbons (Fsp3) is 0.429. The van der Waals surface area contributed by atoms with Crippen LogP contribution in [0.4, 0.5) is 0 Å². The lowest BCUT2D eigenvalue weighted by molar-refractivity contribution is 0.588. The van der Waals surface area contributed by atoms with Gasteiger partial charge in [0.1, 0.15) is 5.58 Å². The third kappa shape index (κ3) is 1.74. The van der Waals surface area contributed by atoms with E-state index in [1.165, 1.54) is 11.1 Å². The number of benzene rings is 1. The highest BCUT2D eigenvalue weighted by molar-refractivity contribution is 5.84. The Bertz CT molecular complexity index is 517. The second kappa shape index (κ2) is 3.63. The van der Waals surface area contributed by atoms with Crippen LogP contribution in [0.2, 0.25) is 0 Å². The second-order valence-electron chi connectivity index (χ2n) is 5.38. The number of hydrogen-bond donors (Lipinski definition) is 1. The summed E-state index contributed by atoms with van der Waals surface area (Å²) in [6.07, 6.45) is 1.77. The molecule has 86 valence electrons. The number of fused-ring (bicyclic) bond motifs is 1. The molecule has 0 amide bonds. The van der Waals surface area contributed by atoms with E-state index in [0.717, 1.165) is 16.5 Å². The van der Waals surface area contributed by atoms with Gasteiger partial charge in [0.25, 0.3) is 0 Å². The molecule has 0 fully saturated rings. The van der Waals surface area contributed by atoms with Crippen LogP contribution in [-0.2, 0) is 12.0 Å². The molecule has 0 aliphatic rings. The first kappa shape index (κ1) is 11.2. The zero-order valence-corrected chi connectivity index (χ0v) is 10.4. The predicted octanol–water partition coefficient (Wildman–Crippen LogP) is 3.50. The van der Waals surface area contributed by atoms with Gasteiger partial charge in [-0.1, -0.05) is 26.8 Å². The number of hydrogen-bond acceptors (Lipinski definition) is 2. The zero-order valence-electron chi connectivity index (χ0n) is 10.4. The van der Waals surface area contributed by atoms with Crippen LogP contribution in [0.3, 0.4) is 0 Å². The quantitative estimate of drug-likeness (QED) is 0.794. The number of nitrogens with two attached hydrogens (primary N) is 1. The molecule has 0 bridgehead atoms. The van der Waals surface area contributed by atoms with Crippen LogP contribution in [-0.4, -0.2) is 0 Å². The monoisotopic (exact) mass is 217 g/mol. The first-order valence-electron chi connectivity index (χ1n) is 5.65. The smallest absolute Gasteiger partial charge is 0.137 e. The topological polar surface area (TPSA) is 39.2 Å². The SMILES string of the molecule is Cc1cc(C(C)(C)C)cc2c(CN)coc12. The molecule has 2 aromatic rings. The molecular weight excluding hydrogens is 198 g/mol. The zero-order chi connectivity index (χ0) is 11.9. The van der Waals surface area contributed by atoms with E-state index in [0.29, 0.717) is 6.54 Å². The third-order valence-electron chi connectivity index (χ3n) is 3.03. The molecule has 0 saturated carbocycles. The summed E-state index contributed by atoms with van der Waals surface area (Å²) in [5.41, 5.74) is 10.4. The van der Waals surface area contributed by atoms with Gasteiger partial charge in [-0.05, 0) is 29.5 Å². The van der Waals surface area contributed by atoms with Gasteiger partial charge in [0.15, 0.2) is 0 Å². The summed E-state index contributed by atoms with van der Waals surface area (Å²) in [6, 6.07) is 4.40. The van der Waals surface area contributed by atoms with E-state index >= 15 is 0 Å². The normalized spacial score (nSPS) is 12.3. The van der Waals surface area contributed by atoms with E-state index < -0.39 is 0 Å². The summed E-state index contributed by atoms with van der Waals surface area (Å²) in [7, 11) is 0. The number of furan rings is 1. The lowest BCUT2D eigenvalue weighted by Gasteiger charge is -2.19. The predicted molar refractivity (Wildman–Crippen MR) is 67.5 cm³/mol. The molecule has 0 atom stereocenters. The maximum atomic E-state index is 5.71. The molecule has 0 saturated heterocycles. The molecule has 1 aromatic carbocycles. The second-order valence-corrected chi connectivity index (χ2v) is 5.38. The maximum absolute atomic E-state index is 5.71. The Balaban J connectivity index is 2.73. The Morgan fingerprint density at radius 2 is 1.94 bits per heavy atom. The molecule has 2 nitrogen and oxygen atoms in total. The van der Waals surface area contributed by atoms with Crippen molar-refractivity contribution in [2.24, 2.45) is 5.73 Å². The standard InChI is InChI=1S/C14H19NO/c1-9-5-11(14(2,3)4)6-12-10(7-15)8-16-13(9)12/h5-6,8H,7,15H2,1-4H3. The van der Waals surface area contributed by atoms with Crippen LogP contribution in [0.15, 0.2) is 22.8 Å². The summed E-state index contributed by atoms with van der Waals surface area (Å²) >= 11 is 0. The van der Waals surface area contributed by atoms with Gasteiger partial charge < -0.3 is 10.2 Å². The van der Waals surface area contributed by atoms with Gasteiger partial charge in [-0.25, -0.2) is 0 Å². The number of aryl methyl sites for hydroxylation is 1. The van der Waals surface area contributed by atoms with Crippen molar-refractivity contribution in [3.8, 4) is 0 Å². The van der Waals surface area contributed by atoms with Crippen molar-refractivity contribution in [2.45, 2.75) is 39.7 Å². The van der Waals surface area contributed by atoms with E-state index in [4.69, 9.17) is 10.2 Å². The summed E-state index contributed by atoms with van der Waals surface area (Å²) in [5.74, 6) is 0. The minimum Gasteiger partial charge on any atom is -0.464 e. The first-order valence-corrected chi connectivity index (χ1v) is 5.65.